The Bertz CT molecular complexity index is 1090. The normalized spacial score (nSPS) is 11.0. The average molecular weight is 426 g/mol. The van der Waals surface area contributed by atoms with Crippen LogP contribution in [0.4, 0.5) is 5.69 Å². The fraction of sp³-hybridized carbons (Fsp3) is 0.227. The van der Waals surface area contributed by atoms with Gasteiger partial charge in [-0.25, -0.2) is 4.98 Å². The first-order chi connectivity index (χ1) is 14.0. The predicted octanol–water partition coefficient (Wildman–Crippen LogP) is 4.99. The summed E-state index contributed by atoms with van der Waals surface area (Å²) in [4.78, 5) is 31.1. The number of benzene rings is 2. The van der Waals surface area contributed by atoms with Crippen molar-refractivity contribution in [1.82, 2.24) is 9.55 Å². The van der Waals surface area contributed by atoms with Crippen LogP contribution in [0.1, 0.15) is 19.9 Å². The predicted molar refractivity (Wildman–Crippen MR) is 123 cm³/mol. The van der Waals surface area contributed by atoms with Gasteiger partial charge in [0.25, 0.3) is 5.56 Å². The molecule has 0 unspecified atom stereocenters. The molecule has 3 aromatic rings. The van der Waals surface area contributed by atoms with Crippen molar-refractivity contribution in [1.29, 1.82) is 0 Å². The van der Waals surface area contributed by atoms with Gasteiger partial charge in [-0.05, 0) is 38.1 Å². The van der Waals surface area contributed by atoms with Gasteiger partial charge in [0.15, 0.2) is 5.16 Å². The lowest BCUT2D eigenvalue weighted by Crippen LogP contribution is -2.25. The molecule has 1 amide bonds. The van der Waals surface area contributed by atoms with Crippen LogP contribution in [0.25, 0.3) is 10.9 Å². The quantitative estimate of drug-likeness (QED) is 0.313. The number of thioether (sulfide) groups is 2. The van der Waals surface area contributed by atoms with E-state index in [4.69, 9.17) is 0 Å². The molecule has 7 heteroatoms. The summed E-state index contributed by atoms with van der Waals surface area (Å²) >= 11 is 2.89. The Morgan fingerprint density at radius 2 is 1.90 bits per heavy atom. The van der Waals surface area contributed by atoms with Gasteiger partial charge in [-0.2, -0.15) is 0 Å². The van der Waals surface area contributed by atoms with Crippen molar-refractivity contribution in [2.24, 2.45) is 0 Å². The minimum Gasteiger partial charge on any atom is -0.324 e. The maximum atomic E-state index is 12.9. The zero-order chi connectivity index (χ0) is 20.8. The smallest absolute Gasteiger partial charge is 0.262 e. The van der Waals surface area contributed by atoms with Gasteiger partial charge in [0.1, 0.15) is 0 Å². The van der Waals surface area contributed by atoms with Gasteiger partial charge >= 0.3 is 0 Å². The summed E-state index contributed by atoms with van der Waals surface area (Å²) in [7, 11) is 0. The van der Waals surface area contributed by atoms with Gasteiger partial charge in [0.2, 0.25) is 5.91 Å². The fourth-order valence-electron chi connectivity index (χ4n) is 2.84. The molecule has 29 heavy (non-hydrogen) atoms. The van der Waals surface area contributed by atoms with E-state index in [-0.39, 0.29) is 23.3 Å². The molecular formula is C22H23N3O2S2. The number of hydrogen-bond donors (Lipinski definition) is 1. The topological polar surface area (TPSA) is 64.0 Å². The van der Waals surface area contributed by atoms with Gasteiger partial charge in [-0.15, -0.1) is 18.3 Å². The van der Waals surface area contributed by atoms with Gasteiger partial charge < -0.3 is 5.32 Å². The summed E-state index contributed by atoms with van der Waals surface area (Å²) < 4.78 is 1.65. The number of rotatable bonds is 8. The molecule has 0 bridgehead atoms. The lowest BCUT2D eigenvalue weighted by molar-refractivity contribution is -0.113. The molecular weight excluding hydrogens is 402 g/mol. The van der Waals surface area contributed by atoms with E-state index in [0.717, 1.165) is 16.3 Å². The molecule has 0 spiro atoms. The highest BCUT2D eigenvalue weighted by Crippen LogP contribution is 2.27. The molecule has 0 radical (unpaired) electrons. The minimum atomic E-state index is -0.139. The Kier molecular flexibility index (Phi) is 7.17. The number of amides is 1. The fourth-order valence-corrected chi connectivity index (χ4v) is 4.52. The molecule has 0 aliphatic rings. The molecule has 0 saturated carbocycles. The molecule has 0 aliphatic heterocycles. The van der Waals surface area contributed by atoms with Crippen LogP contribution < -0.4 is 10.9 Å². The molecule has 1 heterocycles. The summed E-state index contributed by atoms with van der Waals surface area (Å²) in [6.07, 6.45) is 1.83. The summed E-state index contributed by atoms with van der Waals surface area (Å²) in [6.45, 7) is 7.61. The molecule has 0 aliphatic carbocycles. The number of para-hydroxylation sites is 2. The van der Waals surface area contributed by atoms with Gasteiger partial charge in [-0.3, -0.25) is 14.2 Å². The summed E-state index contributed by atoms with van der Waals surface area (Å²) in [5.41, 5.74) is 1.33. The highest BCUT2D eigenvalue weighted by Gasteiger charge is 2.15. The number of carbonyl (C=O) groups is 1. The van der Waals surface area contributed by atoms with Crippen LogP contribution >= 0.6 is 23.5 Å². The highest BCUT2D eigenvalue weighted by atomic mass is 32.2. The van der Waals surface area contributed by atoms with Crippen LogP contribution in [0, 0.1) is 0 Å². The number of nitrogens with one attached hydrogen (secondary N) is 1. The second kappa shape index (κ2) is 9.80. The third-order valence-corrected chi connectivity index (χ3v) is 6.16. The van der Waals surface area contributed by atoms with Crippen LogP contribution in [0.5, 0.6) is 0 Å². The molecule has 2 aromatic carbocycles. The first kappa shape index (κ1) is 21.2. The minimum absolute atomic E-state index is 0.0544. The summed E-state index contributed by atoms with van der Waals surface area (Å²) in [5, 5.41) is 4.10. The largest absolute Gasteiger partial charge is 0.324 e. The zero-order valence-electron chi connectivity index (χ0n) is 16.4. The van der Waals surface area contributed by atoms with E-state index >= 15 is 0 Å². The van der Waals surface area contributed by atoms with E-state index in [1.807, 2.05) is 62.4 Å². The lowest BCUT2D eigenvalue weighted by atomic mass is 10.2. The average Bonchev–Trinajstić information content (AvgIpc) is 2.71. The van der Waals surface area contributed by atoms with Crippen molar-refractivity contribution in [2.45, 2.75) is 29.9 Å². The van der Waals surface area contributed by atoms with Crippen LogP contribution in [0.2, 0.25) is 0 Å². The van der Waals surface area contributed by atoms with E-state index in [1.165, 1.54) is 11.8 Å². The molecule has 1 aromatic heterocycles. The maximum Gasteiger partial charge on any atom is 0.262 e. The molecule has 150 valence electrons. The van der Waals surface area contributed by atoms with Crippen molar-refractivity contribution in [3.8, 4) is 0 Å². The Hall–Kier alpha value is -2.51. The number of nitrogens with zero attached hydrogens (tertiary/aromatic N) is 2. The van der Waals surface area contributed by atoms with E-state index in [1.54, 1.807) is 22.4 Å². The monoisotopic (exact) mass is 425 g/mol. The Morgan fingerprint density at radius 3 is 2.66 bits per heavy atom. The third-order valence-electron chi connectivity index (χ3n) is 4.14. The maximum absolute atomic E-state index is 12.9. The number of anilines is 1. The van der Waals surface area contributed by atoms with E-state index in [2.05, 4.69) is 16.9 Å². The van der Waals surface area contributed by atoms with Gasteiger partial charge in [0.05, 0.1) is 22.3 Å². The SMILES string of the molecule is C=CCSc1ccccc1NC(=O)CSc1nc2ccccc2c(=O)n1C(C)C. The lowest BCUT2D eigenvalue weighted by Gasteiger charge is -2.16. The standard InChI is InChI=1S/C22H23N3O2S2/c1-4-13-28-19-12-8-7-11-18(19)23-20(26)14-29-22-24-17-10-6-5-9-16(17)21(27)25(22)15(2)3/h4-12,15H,1,13-14H2,2-3H3,(H,23,26). The molecule has 0 fully saturated rings. The number of hydrogen-bond acceptors (Lipinski definition) is 5. The van der Waals surface area contributed by atoms with Crippen molar-refractivity contribution in [3.63, 3.8) is 0 Å². The van der Waals surface area contributed by atoms with Crippen molar-refractivity contribution < 1.29 is 4.79 Å². The first-order valence-corrected chi connectivity index (χ1v) is 11.2. The van der Waals surface area contributed by atoms with E-state index in [0.29, 0.717) is 16.1 Å². The number of aromatic nitrogens is 2. The van der Waals surface area contributed by atoms with Gasteiger partial charge in [-0.1, -0.05) is 42.1 Å². The van der Waals surface area contributed by atoms with Crippen LogP contribution in [-0.2, 0) is 4.79 Å². The van der Waals surface area contributed by atoms with Crippen LogP contribution in [0.3, 0.4) is 0 Å². The Labute approximate surface area is 178 Å². The highest BCUT2D eigenvalue weighted by molar-refractivity contribution is 8.00. The second-order valence-corrected chi connectivity index (χ2v) is 8.62. The van der Waals surface area contributed by atoms with Crippen molar-refractivity contribution >= 4 is 46.0 Å². The van der Waals surface area contributed by atoms with Gasteiger partial charge in [0, 0.05) is 16.7 Å². The molecule has 5 nitrogen and oxygen atoms in total. The second-order valence-electron chi connectivity index (χ2n) is 6.61. The third kappa shape index (κ3) is 5.10. The summed E-state index contributed by atoms with van der Waals surface area (Å²) in [5.74, 6) is 0.792. The van der Waals surface area contributed by atoms with Crippen molar-refractivity contribution in [3.05, 3.63) is 71.5 Å². The molecule has 0 atom stereocenters. The summed E-state index contributed by atoms with van der Waals surface area (Å²) in [6, 6.07) is 14.9. The number of fused-ring (bicyclic) bond motifs is 1. The Morgan fingerprint density at radius 1 is 1.17 bits per heavy atom. The molecule has 3 rings (SSSR count). The van der Waals surface area contributed by atoms with Crippen molar-refractivity contribution in [2.75, 3.05) is 16.8 Å². The Balaban J connectivity index is 1.79. The number of carbonyl (C=O) groups excluding carboxylic acids is 1. The van der Waals surface area contributed by atoms with E-state index in [9.17, 15) is 9.59 Å². The molecule has 1 N–H and O–H groups in total. The first-order valence-electron chi connectivity index (χ1n) is 9.28. The van der Waals surface area contributed by atoms with Crippen LogP contribution in [0.15, 0.2) is 76.0 Å². The molecule has 0 saturated heterocycles. The zero-order valence-corrected chi connectivity index (χ0v) is 18.1. The van der Waals surface area contributed by atoms with Crippen LogP contribution in [-0.4, -0.2) is 27.0 Å². The van der Waals surface area contributed by atoms with E-state index < -0.39 is 0 Å².